The molecule has 4 unspecified atom stereocenters. The zero-order valence-electron chi connectivity index (χ0n) is 27.7. The first-order valence-corrected chi connectivity index (χ1v) is 15.9. The molecule has 3 rings (SSSR count). The average molecular weight is 592 g/mol. The van der Waals surface area contributed by atoms with Crippen LogP contribution in [0, 0.1) is 17.3 Å². The van der Waals surface area contributed by atoms with E-state index >= 15 is 0 Å². The minimum absolute atomic E-state index is 0.0509. The highest BCUT2D eigenvalue weighted by Gasteiger charge is 2.47. The Bertz CT molecular complexity index is 1010. The number of hydrogen-bond donors (Lipinski definition) is 1. The molecular weight excluding hydrogens is 534 g/mol. The van der Waals surface area contributed by atoms with Crippen LogP contribution in [-0.4, -0.2) is 91.2 Å². The first-order valence-electron chi connectivity index (χ1n) is 15.9. The van der Waals surface area contributed by atoms with Gasteiger partial charge in [0.15, 0.2) is 0 Å². The van der Waals surface area contributed by atoms with Crippen molar-refractivity contribution in [1.82, 2.24) is 24.9 Å². The minimum Gasteiger partial charge on any atom is -0.444 e. The van der Waals surface area contributed by atoms with Gasteiger partial charge in [-0.05, 0) is 71.3 Å². The Balaban J connectivity index is 1.82. The molecule has 1 aromatic heterocycles. The summed E-state index contributed by atoms with van der Waals surface area (Å²) < 4.78 is 18.8. The second-order valence-electron chi connectivity index (χ2n) is 13.9. The Morgan fingerprint density at radius 2 is 1.93 bits per heavy atom. The van der Waals surface area contributed by atoms with Gasteiger partial charge in [-0.2, -0.15) is 5.10 Å². The molecule has 1 aliphatic heterocycles. The van der Waals surface area contributed by atoms with Crippen molar-refractivity contribution in [3.8, 4) is 0 Å². The predicted molar refractivity (Wildman–Crippen MR) is 164 cm³/mol. The van der Waals surface area contributed by atoms with Gasteiger partial charge in [0.25, 0.3) is 0 Å². The molecule has 4 atom stereocenters. The molecule has 1 aliphatic carbocycles. The Kier molecular flexibility index (Phi) is 12.3. The molecule has 1 aromatic rings. The van der Waals surface area contributed by atoms with Crippen LogP contribution in [0.15, 0.2) is 6.20 Å². The van der Waals surface area contributed by atoms with Crippen LogP contribution in [-0.2, 0) is 25.5 Å². The number of likely N-dealkylation sites (N-methyl/N-ethyl adjacent to an activating group) is 2. The van der Waals surface area contributed by atoms with Crippen molar-refractivity contribution in [3.05, 3.63) is 17.5 Å². The zero-order chi connectivity index (χ0) is 31.1. The molecule has 1 saturated heterocycles. The number of rotatable bonds is 12. The van der Waals surface area contributed by atoms with E-state index in [0.717, 1.165) is 50.8 Å². The summed E-state index contributed by atoms with van der Waals surface area (Å²) in [6.07, 6.45) is 7.75. The predicted octanol–water partition coefficient (Wildman–Crippen LogP) is 5.19. The standard InChI is InChI=1S/C32H57N5O5/c1-10-25-19-23(20-26(32(25,5)6)29(38)33-14-18-40-9)28-24(22-37(34-28)27-13-11-12-17-41-27)21-35(7)15-16-36(8)30(39)42-31(2,3)4/h22-23,25-27H,10-21H2,1-9H3,(H,33,38). The molecule has 0 bridgehead atoms. The monoisotopic (exact) mass is 591 g/mol. The summed E-state index contributed by atoms with van der Waals surface area (Å²) in [6.45, 7) is 16.1. The molecule has 2 heterocycles. The van der Waals surface area contributed by atoms with Gasteiger partial charge >= 0.3 is 6.09 Å². The van der Waals surface area contributed by atoms with E-state index in [-0.39, 0.29) is 35.5 Å². The molecule has 1 saturated carbocycles. The van der Waals surface area contributed by atoms with E-state index in [0.29, 0.717) is 38.7 Å². The van der Waals surface area contributed by atoms with Crippen molar-refractivity contribution in [1.29, 1.82) is 0 Å². The summed E-state index contributed by atoms with van der Waals surface area (Å²) in [5.41, 5.74) is 1.62. The highest BCUT2D eigenvalue weighted by atomic mass is 16.6. The number of carbonyl (C=O) groups excluding carboxylic acids is 2. The van der Waals surface area contributed by atoms with Crippen LogP contribution in [0.4, 0.5) is 4.79 Å². The second kappa shape index (κ2) is 15.0. The van der Waals surface area contributed by atoms with Crippen molar-refractivity contribution < 1.29 is 23.8 Å². The van der Waals surface area contributed by atoms with Crippen molar-refractivity contribution in [2.45, 2.75) is 104 Å². The van der Waals surface area contributed by atoms with Crippen LogP contribution >= 0.6 is 0 Å². The molecule has 0 radical (unpaired) electrons. The van der Waals surface area contributed by atoms with Crippen molar-refractivity contribution in [2.75, 3.05) is 54.1 Å². The summed E-state index contributed by atoms with van der Waals surface area (Å²) in [4.78, 5) is 29.8. The number of carbonyl (C=O) groups is 2. The van der Waals surface area contributed by atoms with Gasteiger partial charge in [-0.3, -0.25) is 4.79 Å². The number of amides is 2. The van der Waals surface area contributed by atoms with E-state index in [1.807, 2.05) is 25.5 Å². The van der Waals surface area contributed by atoms with Gasteiger partial charge in [0.2, 0.25) is 5.91 Å². The molecule has 42 heavy (non-hydrogen) atoms. The van der Waals surface area contributed by atoms with E-state index in [1.165, 1.54) is 5.56 Å². The quantitative estimate of drug-likeness (QED) is 0.334. The van der Waals surface area contributed by atoms with Gasteiger partial charge in [-0.1, -0.05) is 27.2 Å². The summed E-state index contributed by atoms with van der Waals surface area (Å²) in [5.74, 6) is 0.582. The first-order chi connectivity index (χ1) is 19.8. The lowest BCUT2D eigenvalue weighted by atomic mass is 9.57. The average Bonchev–Trinajstić information content (AvgIpc) is 3.34. The topological polar surface area (TPSA) is 98.2 Å². The highest BCUT2D eigenvalue weighted by molar-refractivity contribution is 5.79. The SMILES string of the molecule is CCC1CC(c2nn(C3CCCCO3)cc2CN(C)CCN(C)C(=O)OC(C)(C)C)CC(C(=O)NCCOC)C1(C)C. The number of nitrogens with zero attached hydrogens (tertiary/aromatic N) is 4. The number of methoxy groups -OCH3 is 1. The van der Waals surface area contributed by atoms with E-state index in [2.05, 4.69) is 44.2 Å². The molecule has 2 aliphatic rings. The van der Waals surface area contributed by atoms with Crippen LogP contribution in [0.2, 0.25) is 0 Å². The molecule has 0 spiro atoms. The van der Waals surface area contributed by atoms with E-state index in [9.17, 15) is 9.59 Å². The van der Waals surface area contributed by atoms with Gasteiger partial charge in [0, 0.05) is 70.5 Å². The van der Waals surface area contributed by atoms with Gasteiger partial charge in [-0.25, -0.2) is 9.48 Å². The number of hydrogen-bond acceptors (Lipinski definition) is 7. The third kappa shape index (κ3) is 9.16. The van der Waals surface area contributed by atoms with Crippen molar-refractivity contribution in [3.63, 3.8) is 0 Å². The Morgan fingerprint density at radius 3 is 2.55 bits per heavy atom. The number of nitrogens with one attached hydrogen (secondary N) is 1. The zero-order valence-corrected chi connectivity index (χ0v) is 27.7. The minimum atomic E-state index is -0.522. The normalized spacial score (nSPS) is 24.4. The fourth-order valence-electron chi connectivity index (χ4n) is 6.49. The van der Waals surface area contributed by atoms with Gasteiger partial charge in [0.05, 0.1) is 12.3 Å². The lowest BCUT2D eigenvalue weighted by Crippen LogP contribution is -2.47. The summed E-state index contributed by atoms with van der Waals surface area (Å²) in [5, 5.41) is 8.31. The Morgan fingerprint density at radius 1 is 1.19 bits per heavy atom. The highest BCUT2D eigenvalue weighted by Crippen LogP contribution is 2.52. The molecule has 2 fully saturated rings. The third-order valence-corrected chi connectivity index (χ3v) is 9.09. The molecule has 10 heteroatoms. The molecule has 10 nitrogen and oxygen atoms in total. The fourth-order valence-corrected chi connectivity index (χ4v) is 6.49. The molecule has 2 amide bonds. The largest absolute Gasteiger partial charge is 0.444 e. The van der Waals surface area contributed by atoms with Crippen LogP contribution in [0.1, 0.15) is 103 Å². The Labute approximate surface area is 253 Å². The first kappa shape index (κ1) is 34.3. The van der Waals surface area contributed by atoms with Gasteiger partial charge in [-0.15, -0.1) is 0 Å². The van der Waals surface area contributed by atoms with E-state index < -0.39 is 5.60 Å². The smallest absolute Gasteiger partial charge is 0.410 e. The fraction of sp³-hybridized carbons (Fsp3) is 0.844. The maximum atomic E-state index is 13.5. The molecule has 0 aromatic carbocycles. The molecular formula is C32H57N5O5. The molecule has 240 valence electrons. The van der Waals surface area contributed by atoms with Crippen molar-refractivity contribution in [2.24, 2.45) is 17.3 Å². The van der Waals surface area contributed by atoms with Gasteiger partial charge in [0.1, 0.15) is 11.8 Å². The van der Waals surface area contributed by atoms with Crippen LogP contribution < -0.4 is 5.32 Å². The van der Waals surface area contributed by atoms with Crippen LogP contribution in [0.3, 0.4) is 0 Å². The second-order valence-corrected chi connectivity index (χ2v) is 13.9. The lowest BCUT2D eigenvalue weighted by Gasteiger charge is -2.47. The summed E-state index contributed by atoms with van der Waals surface area (Å²) in [6, 6.07) is 0. The molecule has 1 N–H and O–H groups in total. The number of ether oxygens (including phenoxy) is 3. The summed E-state index contributed by atoms with van der Waals surface area (Å²) in [7, 11) is 5.50. The van der Waals surface area contributed by atoms with E-state index in [1.54, 1.807) is 19.1 Å². The number of aromatic nitrogens is 2. The maximum Gasteiger partial charge on any atom is 0.410 e. The van der Waals surface area contributed by atoms with Crippen molar-refractivity contribution >= 4 is 12.0 Å². The maximum absolute atomic E-state index is 13.5. The van der Waals surface area contributed by atoms with Crippen LogP contribution in [0.5, 0.6) is 0 Å². The Hall–Kier alpha value is -2.17. The lowest BCUT2D eigenvalue weighted by molar-refractivity contribution is -0.133. The third-order valence-electron chi connectivity index (χ3n) is 9.09. The van der Waals surface area contributed by atoms with Crippen LogP contribution in [0.25, 0.3) is 0 Å². The van der Waals surface area contributed by atoms with E-state index in [4.69, 9.17) is 19.3 Å². The summed E-state index contributed by atoms with van der Waals surface area (Å²) >= 11 is 0. The van der Waals surface area contributed by atoms with Gasteiger partial charge < -0.3 is 29.3 Å².